The molecule has 0 atom stereocenters. The van der Waals surface area contributed by atoms with Gasteiger partial charge in [-0.3, -0.25) is 4.79 Å². The van der Waals surface area contributed by atoms with E-state index in [2.05, 4.69) is 27.5 Å². The second-order valence-corrected chi connectivity index (χ2v) is 6.54. The van der Waals surface area contributed by atoms with Crippen molar-refractivity contribution in [2.45, 2.75) is 20.8 Å². The van der Waals surface area contributed by atoms with E-state index in [1.54, 1.807) is 12.1 Å². The molecule has 0 saturated heterocycles. The van der Waals surface area contributed by atoms with Gasteiger partial charge in [0, 0.05) is 28.8 Å². The van der Waals surface area contributed by atoms with Gasteiger partial charge in [0.25, 0.3) is 5.91 Å². The van der Waals surface area contributed by atoms with Crippen molar-refractivity contribution in [3.63, 3.8) is 0 Å². The van der Waals surface area contributed by atoms with Crippen LogP contribution in [0.25, 0.3) is 0 Å². The number of carbonyl (C=O) groups is 1. The number of halogens is 1. The van der Waals surface area contributed by atoms with Crippen LogP contribution < -0.4 is 10.6 Å². The van der Waals surface area contributed by atoms with Gasteiger partial charge < -0.3 is 10.6 Å². The summed E-state index contributed by atoms with van der Waals surface area (Å²) in [6.45, 7) is 6.01. The summed E-state index contributed by atoms with van der Waals surface area (Å²) in [6.07, 6.45) is 2.98. The Kier molecular flexibility index (Phi) is 5.19. The van der Waals surface area contributed by atoms with Crippen LogP contribution in [0, 0.1) is 20.8 Å². The standard InChI is InChI=1S/C20H19ClN4O/c1-12-4-6-16(8-14(12)3)25-20-22-10-15(11-23-20)19(26)24-17-7-5-13(2)18(21)9-17/h4-11H,1-3H3,(H,24,26)(H,22,23,25). The summed E-state index contributed by atoms with van der Waals surface area (Å²) in [4.78, 5) is 20.7. The van der Waals surface area contributed by atoms with E-state index >= 15 is 0 Å². The number of carbonyl (C=O) groups excluding carboxylic acids is 1. The van der Waals surface area contributed by atoms with Crippen LogP contribution in [-0.4, -0.2) is 15.9 Å². The second kappa shape index (κ2) is 7.54. The number of nitrogens with zero attached hydrogens (tertiary/aromatic N) is 2. The summed E-state index contributed by atoms with van der Waals surface area (Å²) >= 11 is 6.08. The Bertz CT molecular complexity index is 955. The van der Waals surface area contributed by atoms with Crippen LogP contribution in [0.2, 0.25) is 5.02 Å². The number of nitrogens with one attached hydrogen (secondary N) is 2. The van der Waals surface area contributed by atoms with E-state index < -0.39 is 0 Å². The molecule has 0 fully saturated rings. The SMILES string of the molecule is Cc1ccc(Nc2ncc(C(=O)Nc3ccc(C)c(Cl)c3)cn2)cc1C. The van der Waals surface area contributed by atoms with E-state index in [-0.39, 0.29) is 5.91 Å². The molecule has 2 aromatic carbocycles. The summed E-state index contributed by atoms with van der Waals surface area (Å²) in [5, 5.41) is 6.52. The Balaban J connectivity index is 1.69. The van der Waals surface area contributed by atoms with Gasteiger partial charge in [0.2, 0.25) is 5.95 Å². The van der Waals surface area contributed by atoms with Gasteiger partial charge in [-0.05, 0) is 61.7 Å². The van der Waals surface area contributed by atoms with Gasteiger partial charge in [-0.1, -0.05) is 23.7 Å². The molecule has 3 aromatic rings. The molecule has 2 N–H and O–H groups in total. The van der Waals surface area contributed by atoms with Gasteiger partial charge in [0.15, 0.2) is 0 Å². The highest BCUT2D eigenvalue weighted by Crippen LogP contribution is 2.21. The van der Waals surface area contributed by atoms with Crippen LogP contribution in [0.3, 0.4) is 0 Å². The minimum Gasteiger partial charge on any atom is -0.324 e. The van der Waals surface area contributed by atoms with Crippen molar-refractivity contribution in [2.24, 2.45) is 0 Å². The topological polar surface area (TPSA) is 66.9 Å². The first-order valence-electron chi connectivity index (χ1n) is 8.16. The number of anilines is 3. The highest BCUT2D eigenvalue weighted by atomic mass is 35.5. The Labute approximate surface area is 157 Å². The lowest BCUT2D eigenvalue weighted by Gasteiger charge is -2.09. The zero-order chi connectivity index (χ0) is 18.7. The number of hydrogen-bond acceptors (Lipinski definition) is 4. The minimum absolute atomic E-state index is 0.289. The first kappa shape index (κ1) is 17.9. The zero-order valence-corrected chi connectivity index (χ0v) is 15.6. The van der Waals surface area contributed by atoms with E-state index in [1.807, 2.05) is 38.1 Å². The molecule has 0 spiro atoms. The monoisotopic (exact) mass is 366 g/mol. The Morgan fingerprint density at radius 1 is 0.885 bits per heavy atom. The maximum atomic E-state index is 12.3. The lowest BCUT2D eigenvalue weighted by Crippen LogP contribution is -2.13. The Morgan fingerprint density at radius 2 is 1.54 bits per heavy atom. The fraction of sp³-hybridized carbons (Fsp3) is 0.150. The maximum Gasteiger partial charge on any atom is 0.258 e. The maximum absolute atomic E-state index is 12.3. The minimum atomic E-state index is -0.289. The van der Waals surface area contributed by atoms with Gasteiger partial charge in [-0.15, -0.1) is 0 Å². The summed E-state index contributed by atoms with van der Waals surface area (Å²) in [5.74, 6) is 0.144. The average molecular weight is 367 g/mol. The Hall–Kier alpha value is -2.92. The third-order valence-corrected chi connectivity index (χ3v) is 4.51. The normalized spacial score (nSPS) is 10.5. The molecule has 0 saturated carbocycles. The lowest BCUT2D eigenvalue weighted by atomic mass is 10.1. The molecule has 0 aliphatic carbocycles. The molecule has 1 heterocycles. The third-order valence-electron chi connectivity index (χ3n) is 4.11. The molecular formula is C20H19ClN4O. The third kappa shape index (κ3) is 4.18. The largest absolute Gasteiger partial charge is 0.324 e. The summed E-state index contributed by atoms with van der Waals surface area (Å²) in [6, 6.07) is 11.4. The van der Waals surface area contributed by atoms with Crippen LogP contribution in [0.1, 0.15) is 27.0 Å². The van der Waals surface area contributed by atoms with Gasteiger partial charge >= 0.3 is 0 Å². The summed E-state index contributed by atoms with van der Waals surface area (Å²) in [5.41, 5.74) is 5.26. The number of rotatable bonds is 4. The van der Waals surface area contributed by atoms with Crippen molar-refractivity contribution in [1.29, 1.82) is 0 Å². The molecule has 0 bridgehead atoms. The van der Waals surface area contributed by atoms with Crippen LogP contribution in [0.4, 0.5) is 17.3 Å². The van der Waals surface area contributed by atoms with E-state index in [1.165, 1.54) is 23.5 Å². The van der Waals surface area contributed by atoms with E-state index in [9.17, 15) is 4.79 Å². The first-order chi connectivity index (χ1) is 12.4. The van der Waals surface area contributed by atoms with E-state index in [4.69, 9.17) is 11.6 Å². The highest BCUT2D eigenvalue weighted by Gasteiger charge is 2.09. The van der Waals surface area contributed by atoms with Gasteiger partial charge in [-0.2, -0.15) is 0 Å². The van der Waals surface area contributed by atoms with Crippen molar-refractivity contribution in [2.75, 3.05) is 10.6 Å². The van der Waals surface area contributed by atoms with Crippen molar-refractivity contribution < 1.29 is 4.79 Å². The molecule has 6 heteroatoms. The number of aromatic nitrogens is 2. The van der Waals surface area contributed by atoms with Gasteiger partial charge in [-0.25, -0.2) is 9.97 Å². The molecule has 0 radical (unpaired) electrons. The number of benzene rings is 2. The lowest BCUT2D eigenvalue weighted by molar-refractivity contribution is 0.102. The predicted molar refractivity (Wildman–Crippen MR) is 105 cm³/mol. The molecule has 5 nitrogen and oxygen atoms in total. The smallest absolute Gasteiger partial charge is 0.258 e. The van der Waals surface area contributed by atoms with E-state index in [0.717, 1.165) is 11.3 Å². The van der Waals surface area contributed by atoms with Crippen molar-refractivity contribution in [3.8, 4) is 0 Å². The van der Waals surface area contributed by atoms with E-state index in [0.29, 0.717) is 22.2 Å². The molecule has 1 aromatic heterocycles. The average Bonchev–Trinajstić information content (AvgIpc) is 2.62. The number of aryl methyl sites for hydroxylation is 3. The predicted octanol–water partition coefficient (Wildman–Crippen LogP) is 5.05. The van der Waals surface area contributed by atoms with Crippen molar-refractivity contribution in [3.05, 3.63) is 76.1 Å². The molecule has 0 aliphatic rings. The zero-order valence-electron chi connectivity index (χ0n) is 14.8. The van der Waals surface area contributed by atoms with Crippen LogP contribution in [0.15, 0.2) is 48.8 Å². The number of amides is 1. The van der Waals surface area contributed by atoms with Gasteiger partial charge in [0.1, 0.15) is 0 Å². The quantitative estimate of drug-likeness (QED) is 0.678. The van der Waals surface area contributed by atoms with Crippen molar-refractivity contribution in [1.82, 2.24) is 9.97 Å². The molecule has 132 valence electrons. The second-order valence-electron chi connectivity index (χ2n) is 6.14. The summed E-state index contributed by atoms with van der Waals surface area (Å²) in [7, 11) is 0. The highest BCUT2D eigenvalue weighted by molar-refractivity contribution is 6.31. The number of hydrogen-bond donors (Lipinski definition) is 2. The van der Waals surface area contributed by atoms with Gasteiger partial charge in [0.05, 0.1) is 5.56 Å². The first-order valence-corrected chi connectivity index (χ1v) is 8.54. The molecule has 0 aliphatic heterocycles. The molecule has 0 unspecified atom stereocenters. The molecule has 3 rings (SSSR count). The summed E-state index contributed by atoms with van der Waals surface area (Å²) < 4.78 is 0. The molecule has 26 heavy (non-hydrogen) atoms. The van der Waals surface area contributed by atoms with Crippen molar-refractivity contribution >= 4 is 34.8 Å². The van der Waals surface area contributed by atoms with Crippen LogP contribution in [0.5, 0.6) is 0 Å². The fourth-order valence-electron chi connectivity index (χ4n) is 2.33. The van der Waals surface area contributed by atoms with Crippen LogP contribution >= 0.6 is 11.6 Å². The molecular weight excluding hydrogens is 348 g/mol. The van der Waals surface area contributed by atoms with Crippen LogP contribution in [-0.2, 0) is 0 Å². The fourth-order valence-corrected chi connectivity index (χ4v) is 2.51. The molecule has 1 amide bonds. The Morgan fingerprint density at radius 3 is 2.19 bits per heavy atom.